The Balaban J connectivity index is 0.000000217. The molecule has 0 aromatic carbocycles. The molecule has 11 atom stereocenters. The van der Waals surface area contributed by atoms with Gasteiger partial charge in [0.2, 0.25) is 0 Å². The summed E-state index contributed by atoms with van der Waals surface area (Å²) in [7, 11) is 0. The van der Waals surface area contributed by atoms with Crippen molar-refractivity contribution >= 4 is 53.7 Å². The highest BCUT2D eigenvalue weighted by atomic mass is 19.4. The summed E-state index contributed by atoms with van der Waals surface area (Å²) in [5, 5.41) is 54.0. The van der Waals surface area contributed by atoms with E-state index in [2.05, 4.69) is 0 Å². The lowest BCUT2D eigenvalue weighted by Crippen LogP contribution is -2.62. The molecular formula is C88H145F3O23. The summed E-state index contributed by atoms with van der Waals surface area (Å²) in [4.78, 5) is 105. The Morgan fingerprint density at radius 2 is 0.684 bits per heavy atom. The number of alkyl halides is 3. The second-order valence-corrected chi connectivity index (χ2v) is 40.6. The second kappa shape index (κ2) is 38.0. The Labute approximate surface area is 676 Å². The fourth-order valence-corrected chi connectivity index (χ4v) is 20.2. The van der Waals surface area contributed by atoms with Crippen LogP contribution in [-0.2, 0) is 81.0 Å². The van der Waals surface area contributed by atoms with Gasteiger partial charge in [-0.2, -0.15) is 13.2 Å². The highest BCUT2D eigenvalue weighted by Crippen LogP contribution is 2.65. The highest BCUT2D eigenvalue weighted by molar-refractivity contribution is 5.80. The lowest BCUT2D eigenvalue weighted by molar-refractivity contribution is -0.259. The first-order valence-corrected chi connectivity index (χ1v) is 42.7. The molecule has 656 valence electrons. The molecule has 23 nitrogen and oxygen atoms in total. The summed E-state index contributed by atoms with van der Waals surface area (Å²) >= 11 is 0. The quantitative estimate of drug-likeness (QED) is 0.0277. The molecule has 0 heterocycles. The molecule has 14 rings (SSSR count). The number of hydrogen-bond acceptors (Lipinski definition) is 20. The summed E-state index contributed by atoms with van der Waals surface area (Å²) in [6, 6.07) is 0. The largest absolute Gasteiger partial charge is 0.481 e. The summed E-state index contributed by atoms with van der Waals surface area (Å²) < 4.78 is 84.1. The third-order valence-electron chi connectivity index (χ3n) is 28.5. The molecule has 0 aliphatic heterocycles. The van der Waals surface area contributed by atoms with Crippen LogP contribution in [0.15, 0.2) is 0 Å². The number of rotatable bonds is 31. The van der Waals surface area contributed by atoms with Crippen LogP contribution in [0, 0.1) is 91.2 Å². The normalized spacial score (nSPS) is 32.3. The van der Waals surface area contributed by atoms with Crippen LogP contribution in [0.2, 0.25) is 0 Å². The fraction of sp³-hybridized carbons (Fsp3) is 0.898. The molecular weight excluding hydrogens is 1480 g/mol. The molecule has 14 fully saturated rings. The van der Waals surface area contributed by atoms with Crippen molar-refractivity contribution in [2.45, 2.75) is 370 Å². The third-order valence-corrected chi connectivity index (χ3v) is 28.5. The Bertz CT molecular complexity index is 3250. The first kappa shape index (κ1) is 97.6. The first-order valence-electron chi connectivity index (χ1n) is 42.7. The van der Waals surface area contributed by atoms with E-state index in [1.54, 1.807) is 13.8 Å². The number of ether oxygens (including phenoxy) is 8. The number of carboxylic acid groups (broad SMARTS) is 3. The fourth-order valence-electron chi connectivity index (χ4n) is 20.2. The van der Waals surface area contributed by atoms with Crippen LogP contribution in [0.1, 0.15) is 324 Å². The Morgan fingerprint density at radius 3 is 1.01 bits per heavy atom. The summed E-state index contributed by atoms with van der Waals surface area (Å²) in [6.45, 7) is 35.8. The van der Waals surface area contributed by atoms with Gasteiger partial charge >= 0.3 is 59.9 Å². The van der Waals surface area contributed by atoms with Gasteiger partial charge in [0.25, 0.3) is 0 Å². The van der Waals surface area contributed by atoms with Crippen molar-refractivity contribution < 1.29 is 125 Å². The topological polar surface area (TPSA) is 349 Å². The zero-order valence-corrected chi connectivity index (χ0v) is 72.5. The number of hydrogen-bond donors (Lipinski definition) is 6. The predicted octanol–water partition coefficient (Wildman–Crippen LogP) is 16.5. The van der Waals surface area contributed by atoms with Gasteiger partial charge in [-0.15, -0.1) is 0 Å². The summed E-state index contributed by atoms with van der Waals surface area (Å²) in [5.74, 6) is -0.389. The van der Waals surface area contributed by atoms with Gasteiger partial charge in [0.05, 0.1) is 88.4 Å². The minimum atomic E-state index is -4.61. The third kappa shape index (κ3) is 24.8. The predicted molar refractivity (Wildman–Crippen MR) is 418 cm³/mol. The Morgan fingerprint density at radius 1 is 0.368 bits per heavy atom. The van der Waals surface area contributed by atoms with Crippen LogP contribution in [0.25, 0.3) is 0 Å². The molecule has 0 spiro atoms. The summed E-state index contributed by atoms with van der Waals surface area (Å²) in [6.07, 6.45) is 18.2. The first-order chi connectivity index (χ1) is 52.5. The van der Waals surface area contributed by atoms with Crippen molar-refractivity contribution in [3.05, 3.63) is 0 Å². The minimum absolute atomic E-state index is 0.0345. The lowest BCUT2D eigenvalue weighted by atomic mass is 9.48. The van der Waals surface area contributed by atoms with E-state index in [0.29, 0.717) is 74.2 Å². The molecule has 14 aliphatic carbocycles. The smallest absolute Gasteiger partial charge is 0.416 e. The molecule has 14 aliphatic rings. The van der Waals surface area contributed by atoms with Gasteiger partial charge in [0.1, 0.15) is 36.1 Å². The average molecular weight is 1630 g/mol. The number of carbonyl (C=O) groups is 9. The zero-order valence-electron chi connectivity index (χ0n) is 72.5. The van der Waals surface area contributed by atoms with Gasteiger partial charge < -0.3 is 68.5 Å². The minimum Gasteiger partial charge on any atom is -0.481 e. The van der Waals surface area contributed by atoms with Crippen molar-refractivity contribution in [3.8, 4) is 0 Å². The monoisotopic (exact) mass is 1630 g/mol. The maximum absolute atomic E-state index is 12.8. The molecule has 6 N–H and O–H groups in total. The van der Waals surface area contributed by atoms with Gasteiger partial charge in [-0.3, -0.25) is 43.2 Å². The van der Waals surface area contributed by atoms with Crippen LogP contribution < -0.4 is 0 Å². The summed E-state index contributed by atoms with van der Waals surface area (Å²) in [5.41, 5.74) is -7.76. The second-order valence-electron chi connectivity index (χ2n) is 40.6. The molecule has 11 unspecified atom stereocenters. The molecule has 14 saturated carbocycles. The van der Waals surface area contributed by atoms with Crippen LogP contribution in [0.5, 0.6) is 0 Å². The van der Waals surface area contributed by atoms with Crippen molar-refractivity contribution in [2.24, 2.45) is 91.2 Å². The molecule has 14 bridgehead atoms. The number of aliphatic hydroxyl groups excluding tert-OH is 2. The molecule has 26 heteroatoms. The van der Waals surface area contributed by atoms with Crippen molar-refractivity contribution in [1.29, 1.82) is 0 Å². The number of halogens is 3. The molecule has 0 amide bonds. The van der Waals surface area contributed by atoms with E-state index in [0.717, 1.165) is 135 Å². The van der Waals surface area contributed by atoms with Crippen LogP contribution in [0.3, 0.4) is 0 Å². The molecule has 0 radical (unpaired) electrons. The highest BCUT2D eigenvalue weighted by Gasteiger charge is 2.65. The van der Waals surface area contributed by atoms with Gasteiger partial charge in [0.15, 0.2) is 5.60 Å². The van der Waals surface area contributed by atoms with Crippen molar-refractivity contribution in [2.75, 3.05) is 39.6 Å². The van der Waals surface area contributed by atoms with E-state index in [-0.39, 0.29) is 129 Å². The zero-order chi connectivity index (χ0) is 86.1. The van der Waals surface area contributed by atoms with Gasteiger partial charge in [-0.1, -0.05) is 41.5 Å². The Hall–Kier alpha value is -5.18. The number of aliphatic hydroxyl groups is 3. The number of fused-ring (bicyclic) bond motifs is 2. The molecule has 114 heavy (non-hydrogen) atoms. The maximum atomic E-state index is 12.8. The number of esters is 6. The lowest BCUT2D eigenvalue weighted by Gasteiger charge is -2.61. The van der Waals surface area contributed by atoms with Crippen LogP contribution in [-0.4, -0.2) is 170 Å². The maximum Gasteiger partial charge on any atom is 0.416 e. The van der Waals surface area contributed by atoms with E-state index in [9.17, 15) is 66.5 Å². The standard InChI is InChI=1S/C19H30O5.C18H30O4.C17H27F3O3.C17H26O4.C9H16O4.C8H16O3/c1-4-17(2,3)16(22)24-19-10-13-7-14(11-19)9-18(8-13,12-19)23-6-5-15(20)21;1-4-16(2,3)15(20)22-18-10-13-7-14(11-18)9-17(8-13,12-18)21-6-5-19;1-5-15(2,3)14(21)23-13-8-10-6-11(13)7-12(10)9-16(4,22)17(18,19)20;1-4-15(2,3)14(20)21-17-8-11-5-12(9-17)7-16(6-11,10-17)13(18)19;1-4-9(2,3)8(12)13-6-5-7(10)11;1-4-8(2,3)7(10)11-6-5-9/h13-14H,4-12H2,1-3H3,(H,20,21);13-14,19H,4-12H2,1-3H3;10-13,22H,5-9H2,1-4H3;11-12H,4-10H2,1-3H3,(H,18,19);4-6H2,1-3H3,(H,10,11);9H,4-6H2,1-3H3. The molecule has 0 saturated heterocycles. The number of aliphatic carboxylic acids is 3. The SMILES string of the molecule is CCC(C)(C)C(=O)OC12CC3CC(C1)CC(C(=O)O)(C3)C2.CCC(C)(C)C(=O)OC12CC3CC(CC(OCCC(=O)O)(C3)C1)C2.CCC(C)(C)C(=O)OC12CC3CC(CC(OCCO)(C3)C1)C2.CCC(C)(C)C(=O)OC1CC2CC1CC2CC(C)(O)C(F)(F)F.CCC(C)(C)C(=O)OCCC(=O)O.CCC(C)(C)C(=O)OCCO. The van der Waals surface area contributed by atoms with Gasteiger partial charge in [0, 0.05) is 19.3 Å². The van der Waals surface area contributed by atoms with Crippen LogP contribution in [0.4, 0.5) is 13.2 Å². The Kier molecular flexibility index (Phi) is 32.6. The van der Waals surface area contributed by atoms with E-state index in [1.807, 2.05) is 111 Å². The van der Waals surface area contributed by atoms with E-state index in [1.165, 1.54) is 12.8 Å². The molecule has 0 aromatic rings. The van der Waals surface area contributed by atoms with E-state index < -0.39 is 78.8 Å². The van der Waals surface area contributed by atoms with Crippen LogP contribution >= 0.6 is 0 Å². The molecule has 0 aromatic heterocycles. The number of carbonyl (C=O) groups excluding carboxylic acids is 6. The van der Waals surface area contributed by atoms with Gasteiger partial charge in [-0.25, -0.2) is 0 Å². The number of carboxylic acids is 3. The van der Waals surface area contributed by atoms with Crippen molar-refractivity contribution in [1.82, 2.24) is 0 Å². The average Bonchev–Trinajstić information content (AvgIpc) is 0.942. The van der Waals surface area contributed by atoms with Gasteiger partial charge in [-0.05, 0) is 304 Å². The van der Waals surface area contributed by atoms with Crippen molar-refractivity contribution in [3.63, 3.8) is 0 Å². The van der Waals surface area contributed by atoms with E-state index >= 15 is 0 Å². The van der Waals surface area contributed by atoms with E-state index in [4.69, 9.17) is 58.3 Å².